The number of pyridine rings is 1. The molecule has 0 aliphatic carbocycles. The summed E-state index contributed by atoms with van der Waals surface area (Å²) in [6, 6.07) is 14.7. The van der Waals surface area contributed by atoms with Gasteiger partial charge in [-0.3, -0.25) is 4.90 Å². The Hall–Kier alpha value is -3.43. The van der Waals surface area contributed by atoms with Gasteiger partial charge in [-0.15, -0.1) is 0 Å². The summed E-state index contributed by atoms with van der Waals surface area (Å²) in [5, 5.41) is 0.908. The zero-order valence-electron chi connectivity index (χ0n) is 24.0. The lowest BCUT2D eigenvalue weighted by atomic mass is 9.95. The molecule has 1 fully saturated rings. The number of rotatable bonds is 3. The van der Waals surface area contributed by atoms with E-state index < -0.39 is 33.3 Å². The number of amides is 1. The van der Waals surface area contributed by atoms with Gasteiger partial charge in [0.2, 0.25) is 0 Å². The van der Waals surface area contributed by atoms with E-state index in [1.54, 1.807) is 17.0 Å². The molecule has 5 rings (SSSR count). The Balaban J connectivity index is 1.59. The molecule has 9 heteroatoms. The summed E-state index contributed by atoms with van der Waals surface area (Å²) in [6.07, 6.45) is -0.467. The smallest absolute Gasteiger partial charge is 0.413 e. The molecule has 1 saturated heterocycles. The highest BCUT2D eigenvalue weighted by atomic mass is 32.2. The van der Waals surface area contributed by atoms with Crippen LogP contribution >= 0.6 is 0 Å². The van der Waals surface area contributed by atoms with Crippen molar-refractivity contribution in [3.05, 3.63) is 71.8 Å². The van der Waals surface area contributed by atoms with Crippen LogP contribution in [0.25, 0.3) is 16.5 Å². The summed E-state index contributed by atoms with van der Waals surface area (Å²) in [7, 11) is -3.41. The lowest BCUT2D eigenvalue weighted by Gasteiger charge is -2.36. The average Bonchev–Trinajstić information content (AvgIpc) is 3.12. The molecule has 40 heavy (non-hydrogen) atoms. The normalized spacial score (nSPS) is 20.2. The fourth-order valence-corrected chi connectivity index (χ4v) is 6.91. The van der Waals surface area contributed by atoms with Gasteiger partial charge in [0.1, 0.15) is 17.1 Å². The van der Waals surface area contributed by atoms with E-state index in [1.807, 2.05) is 76.8 Å². The van der Waals surface area contributed by atoms with Crippen LogP contribution in [0.4, 0.5) is 10.6 Å². The quantitative estimate of drug-likeness (QED) is 0.403. The van der Waals surface area contributed by atoms with E-state index in [0.29, 0.717) is 29.4 Å². The molecule has 0 bridgehead atoms. The first-order valence-electron chi connectivity index (χ1n) is 13.5. The van der Waals surface area contributed by atoms with Gasteiger partial charge in [-0.1, -0.05) is 36.4 Å². The van der Waals surface area contributed by atoms with E-state index in [-0.39, 0.29) is 12.4 Å². The highest BCUT2D eigenvalue weighted by Gasteiger charge is 2.47. The second kappa shape index (κ2) is 9.89. The average molecular weight is 564 g/mol. The molecule has 2 aliphatic heterocycles. The number of carbonyl (C=O) groups is 1. The molecule has 2 aromatic carbocycles. The van der Waals surface area contributed by atoms with Crippen molar-refractivity contribution in [3.63, 3.8) is 0 Å². The monoisotopic (exact) mass is 563 g/mol. The number of fused-ring (bicyclic) bond motifs is 2. The standard InChI is InChI=1S/C31H37N3O5S/c1-20-12-13-25-24(16-20)23(21(2)26-19-38-31(6,7)34(26)29(35)39-30(3,4)5)17-28(32-25)33-14-15-40(36,37)27-11-9-8-10-22(27)18-33/h8-13,16-17,26H,2,14-15,18-19H2,1,3-7H3/t26-/m0/s1. The largest absolute Gasteiger partial charge is 0.444 e. The number of ether oxygens (including phenoxy) is 2. The molecule has 3 aromatic rings. The number of anilines is 1. The van der Waals surface area contributed by atoms with E-state index in [2.05, 4.69) is 12.6 Å². The molecule has 2 aliphatic rings. The van der Waals surface area contributed by atoms with Crippen LogP contribution in [-0.2, 0) is 25.9 Å². The van der Waals surface area contributed by atoms with Crippen LogP contribution in [0.5, 0.6) is 0 Å². The van der Waals surface area contributed by atoms with Crippen molar-refractivity contribution in [1.82, 2.24) is 9.88 Å². The van der Waals surface area contributed by atoms with Gasteiger partial charge in [0.05, 0.1) is 28.8 Å². The molecule has 1 aromatic heterocycles. The first-order valence-corrected chi connectivity index (χ1v) is 15.1. The molecule has 3 heterocycles. The Morgan fingerprint density at radius 3 is 2.60 bits per heavy atom. The topological polar surface area (TPSA) is 89.0 Å². The maximum Gasteiger partial charge on any atom is 0.413 e. The Morgan fingerprint density at radius 1 is 1.15 bits per heavy atom. The van der Waals surface area contributed by atoms with E-state index >= 15 is 0 Å². The summed E-state index contributed by atoms with van der Waals surface area (Å²) in [4.78, 5) is 22.3. The van der Waals surface area contributed by atoms with Gasteiger partial charge in [-0.2, -0.15) is 0 Å². The van der Waals surface area contributed by atoms with E-state index in [9.17, 15) is 13.2 Å². The molecule has 0 spiro atoms. The minimum absolute atomic E-state index is 0.00894. The number of aromatic nitrogens is 1. The zero-order chi connectivity index (χ0) is 29.0. The van der Waals surface area contributed by atoms with E-state index in [0.717, 1.165) is 27.6 Å². The van der Waals surface area contributed by atoms with Crippen LogP contribution in [0, 0.1) is 6.92 Å². The minimum atomic E-state index is -3.41. The van der Waals surface area contributed by atoms with Gasteiger partial charge in [-0.05, 0) is 82.5 Å². The number of carbonyl (C=O) groups excluding carboxylic acids is 1. The lowest BCUT2D eigenvalue weighted by Crippen LogP contribution is -2.50. The van der Waals surface area contributed by atoms with Crippen molar-refractivity contribution in [2.45, 2.75) is 70.4 Å². The first-order chi connectivity index (χ1) is 18.7. The molecule has 8 nitrogen and oxygen atoms in total. The van der Waals surface area contributed by atoms with E-state index in [4.69, 9.17) is 14.5 Å². The molecule has 0 unspecified atom stereocenters. The van der Waals surface area contributed by atoms with Crippen molar-refractivity contribution >= 4 is 38.2 Å². The van der Waals surface area contributed by atoms with Crippen molar-refractivity contribution in [1.29, 1.82) is 0 Å². The van der Waals surface area contributed by atoms with Crippen LogP contribution in [0.2, 0.25) is 0 Å². The number of aryl methyl sites for hydroxylation is 1. The van der Waals surface area contributed by atoms with Gasteiger partial charge >= 0.3 is 6.09 Å². The number of hydrogen-bond donors (Lipinski definition) is 0. The van der Waals surface area contributed by atoms with Gasteiger partial charge < -0.3 is 14.4 Å². The molecule has 1 atom stereocenters. The number of benzene rings is 2. The van der Waals surface area contributed by atoms with Crippen LogP contribution < -0.4 is 4.90 Å². The van der Waals surface area contributed by atoms with Crippen LogP contribution in [0.1, 0.15) is 51.3 Å². The summed E-state index contributed by atoms with van der Waals surface area (Å²) in [5.74, 6) is 0.645. The highest BCUT2D eigenvalue weighted by molar-refractivity contribution is 7.91. The van der Waals surface area contributed by atoms with Gasteiger partial charge in [0, 0.05) is 18.5 Å². The van der Waals surface area contributed by atoms with Crippen molar-refractivity contribution in [2.24, 2.45) is 0 Å². The van der Waals surface area contributed by atoms with Gasteiger partial charge in [0.15, 0.2) is 9.84 Å². The Kier molecular flexibility index (Phi) is 6.95. The van der Waals surface area contributed by atoms with Crippen LogP contribution in [0.15, 0.2) is 60.0 Å². The van der Waals surface area contributed by atoms with Crippen molar-refractivity contribution < 1.29 is 22.7 Å². The third kappa shape index (κ3) is 5.32. The second-order valence-electron chi connectivity index (χ2n) is 12.0. The fourth-order valence-electron chi connectivity index (χ4n) is 5.41. The Labute approximate surface area is 236 Å². The predicted octanol–water partition coefficient (Wildman–Crippen LogP) is 5.72. The molecule has 0 saturated carbocycles. The molecule has 0 N–H and O–H groups in total. The molecule has 212 valence electrons. The summed E-state index contributed by atoms with van der Waals surface area (Å²) in [6.45, 7) is 16.7. The molecular formula is C31H37N3O5S. The minimum Gasteiger partial charge on any atom is -0.444 e. The maximum atomic E-state index is 13.4. The SMILES string of the molecule is C=C(c1cc(N2CCS(=O)(=O)c3ccccc3C2)nc2ccc(C)cc12)[C@@H]1COC(C)(C)N1C(=O)OC(C)(C)C. The van der Waals surface area contributed by atoms with Crippen molar-refractivity contribution in [3.8, 4) is 0 Å². The third-order valence-corrected chi connectivity index (χ3v) is 9.19. The Bertz CT molecular complexity index is 1610. The third-order valence-electron chi connectivity index (χ3n) is 7.40. The summed E-state index contributed by atoms with van der Waals surface area (Å²) < 4.78 is 37.8. The maximum absolute atomic E-state index is 13.4. The van der Waals surface area contributed by atoms with Gasteiger partial charge in [-0.25, -0.2) is 18.2 Å². The lowest BCUT2D eigenvalue weighted by molar-refractivity contribution is -0.0607. The second-order valence-corrected chi connectivity index (χ2v) is 14.1. The molecule has 0 radical (unpaired) electrons. The highest BCUT2D eigenvalue weighted by Crippen LogP contribution is 2.39. The summed E-state index contributed by atoms with van der Waals surface area (Å²) in [5.41, 5.74) is 2.56. The first kappa shape index (κ1) is 28.1. The fraction of sp³-hybridized carbons (Fsp3) is 0.419. The molecule has 1 amide bonds. The molecular weight excluding hydrogens is 526 g/mol. The zero-order valence-corrected chi connectivity index (χ0v) is 24.8. The Morgan fingerprint density at radius 2 is 1.88 bits per heavy atom. The van der Waals surface area contributed by atoms with Crippen molar-refractivity contribution in [2.75, 3.05) is 23.8 Å². The number of hydrogen-bond acceptors (Lipinski definition) is 7. The van der Waals surface area contributed by atoms with E-state index in [1.165, 1.54) is 0 Å². The van der Waals surface area contributed by atoms with Gasteiger partial charge in [0.25, 0.3) is 0 Å². The summed E-state index contributed by atoms with van der Waals surface area (Å²) >= 11 is 0. The predicted molar refractivity (Wildman–Crippen MR) is 157 cm³/mol. The van der Waals surface area contributed by atoms with Crippen LogP contribution in [-0.4, -0.2) is 60.7 Å². The number of nitrogens with zero attached hydrogens (tertiary/aromatic N) is 3. The van der Waals surface area contributed by atoms with Crippen LogP contribution in [0.3, 0.4) is 0 Å². The number of sulfone groups is 1.